The Balaban J connectivity index is 2.01. The lowest BCUT2D eigenvalue weighted by molar-refractivity contribution is 0.112. The average molecular weight is 246 g/mol. The molecule has 0 radical (unpaired) electrons. The molecule has 0 atom stereocenters. The van der Waals surface area contributed by atoms with Crippen LogP contribution in [0.1, 0.15) is 26.4 Å². The van der Waals surface area contributed by atoms with Gasteiger partial charge in [0, 0.05) is 5.56 Å². The van der Waals surface area contributed by atoms with Crippen molar-refractivity contribution in [3.8, 4) is 5.75 Å². The first kappa shape index (κ1) is 11.9. The minimum atomic E-state index is 0.507. The number of thiophene rings is 1. The molecule has 0 amide bonds. The highest BCUT2D eigenvalue weighted by Gasteiger charge is 2.01. The van der Waals surface area contributed by atoms with Crippen LogP contribution in [0, 0.1) is 13.8 Å². The molecule has 0 unspecified atom stereocenters. The molecule has 0 saturated heterocycles. The molecule has 1 heterocycles. The van der Waals surface area contributed by atoms with Gasteiger partial charge in [-0.25, -0.2) is 0 Å². The van der Waals surface area contributed by atoms with Gasteiger partial charge in [0.25, 0.3) is 0 Å². The highest BCUT2D eigenvalue weighted by molar-refractivity contribution is 7.11. The summed E-state index contributed by atoms with van der Waals surface area (Å²) >= 11 is 1.44. The van der Waals surface area contributed by atoms with E-state index in [-0.39, 0.29) is 0 Å². The average Bonchev–Trinajstić information content (AvgIpc) is 2.79. The van der Waals surface area contributed by atoms with Crippen molar-refractivity contribution in [2.45, 2.75) is 20.5 Å². The molecule has 1 aromatic heterocycles. The molecule has 17 heavy (non-hydrogen) atoms. The standard InChI is InChI=1S/C14H14O2S/c1-10-3-4-13(5-11(10)2)16-8-12-6-14(7-15)17-9-12/h3-7,9H,8H2,1-2H3. The second-order valence-corrected chi connectivity index (χ2v) is 4.95. The van der Waals surface area contributed by atoms with Crippen LogP contribution in [0.3, 0.4) is 0 Å². The Morgan fingerprint density at radius 2 is 2.06 bits per heavy atom. The van der Waals surface area contributed by atoms with Crippen LogP contribution in [-0.2, 0) is 6.61 Å². The van der Waals surface area contributed by atoms with E-state index in [1.807, 2.05) is 23.6 Å². The number of carbonyl (C=O) groups is 1. The summed E-state index contributed by atoms with van der Waals surface area (Å²) in [5, 5.41) is 1.95. The highest BCUT2D eigenvalue weighted by atomic mass is 32.1. The molecule has 1 aromatic carbocycles. The van der Waals surface area contributed by atoms with E-state index in [0.717, 1.165) is 22.5 Å². The first-order valence-corrected chi connectivity index (χ1v) is 6.29. The molecule has 0 aliphatic carbocycles. The molecule has 2 nitrogen and oxygen atoms in total. The molecule has 0 fully saturated rings. The Labute approximate surface area is 105 Å². The summed E-state index contributed by atoms with van der Waals surface area (Å²) in [7, 11) is 0. The molecule has 0 N–H and O–H groups in total. The smallest absolute Gasteiger partial charge is 0.160 e. The molecule has 0 spiro atoms. The Kier molecular flexibility index (Phi) is 3.59. The van der Waals surface area contributed by atoms with Gasteiger partial charge in [-0.2, -0.15) is 0 Å². The van der Waals surface area contributed by atoms with E-state index < -0.39 is 0 Å². The topological polar surface area (TPSA) is 26.3 Å². The van der Waals surface area contributed by atoms with Crippen LogP contribution in [0.25, 0.3) is 0 Å². The molecule has 3 heteroatoms. The van der Waals surface area contributed by atoms with E-state index in [2.05, 4.69) is 19.9 Å². The van der Waals surface area contributed by atoms with Gasteiger partial charge in [-0.05, 0) is 48.6 Å². The monoisotopic (exact) mass is 246 g/mol. The number of ether oxygens (including phenoxy) is 1. The molecule has 0 saturated carbocycles. The van der Waals surface area contributed by atoms with Crippen molar-refractivity contribution >= 4 is 17.6 Å². The second kappa shape index (κ2) is 5.15. The summed E-state index contributed by atoms with van der Waals surface area (Å²) in [6.07, 6.45) is 0.865. The predicted octanol–water partition coefficient (Wildman–Crippen LogP) is 3.76. The van der Waals surface area contributed by atoms with E-state index in [0.29, 0.717) is 6.61 Å². The Hall–Kier alpha value is -1.61. The molecule has 0 aliphatic rings. The van der Waals surface area contributed by atoms with Gasteiger partial charge in [0.2, 0.25) is 0 Å². The van der Waals surface area contributed by atoms with Crippen molar-refractivity contribution in [3.63, 3.8) is 0 Å². The molecule has 2 aromatic rings. The van der Waals surface area contributed by atoms with Crippen molar-refractivity contribution in [3.05, 3.63) is 51.2 Å². The molecule has 0 aliphatic heterocycles. The van der Waals surface area contributed by atoms with Gasteiger partial charge in [-0.1, -0.05) is 6.07 Å². The number of benzene rings is 1. The highest BCUT2D eigenvalue weighted by Crippen LogP contribution is 2.19. The number of hydrogen-bond acceptors (Lipinski definition) is 3. The largest absolute Gasteiger partial charge is 0.489 e. The Morgan fingerprint density at radius 3 is 2.71 bits per heavy atom. The van der Waals surface area contributed by atoms with Crippen LogP contribution in [0.4, 0.5) is 0 Å². The Morgan fingerprint density at radius 1 is 1.24 bits per heavy atom. The summed E-state index contributed by atoms with van der Waals surface area (Å²) < 4.78 is 5.68. The summed E-state index contributed by atoms with van der Waals surface area (Å²) in [6, 6.07) is 7.91. The third-order valence-corrected chi connectivity index (χ3v) is 3.58. The van der Waals surface area contributed by atoms with Crippen molar-refractivity contribution < 1.29 is 9.53 Å². The number of aldehydes is 1. The maximum absolute atomic E-state index is 10.5. The van der Waals surface area contributed by atoms with Gasteiger partial charge >= 0.3 is 0 Å². The van der Waals surface area contributed by atoms with Gasteiger partial charge in [-0.3, -0.25) is 4.79 Å². The van der Waals surface area contributed by atoms with Gasteiger partial charge in [0.1, 0.15) is 12.4 Å². The fraction of sp³-hybridized carbons (Fsp3) is 0.214. The molecule has 0 bridgehead atoms. The number of aryl methyl sites for hydroxylation is 2. The number of rotatable bonds is 4. The zero-order valence-electron chi connectivity index (χ0n) is 9.90. The fourth-order valence-corrected chi connectivity index (χ4v) is 2.20. The van der Waals surface area contributed by atoms with E-state index in [9.17, 15) is 4.79 Å². The lowest BCUT2D eigenvalue weighted by atomic mass is 10.1. The zero-order chi connectivity index (χ0) is 12.3. The summed E-state index contributed by atoms with van der Waals surface area (Å²) in [4.78, 5) is 11.3. The normalized spacial score (nSPS) is 10.2. The third-order valence-electron chi connectivity index (χ3n) is 2.67. The first-order chi connectivity index (χ1) is 8.19. The van der Waals surface area contributed by atoms with Crippen LogP contribution in [0.2, 0.25) is 0 Å². The SMILES string of the molecule is Cc1ccc(OCc2csc(C=O)c2)cc1C. The Bertz CT molecular complexity index is 529. The van der Waals surface area contributed by atoms with Gasteiger partial charge in [-0.15, -0.1) is 11.3 Å². The third kappa shape index (κ3) is 2.94. The predicted molar refractivity (Wildman–Crippen MR) is 70.0 cm³/mol. The quantitative estimate of drug-likeness (QED) is 0.768. The molecule has 88 valence electrons. The van der Waals surface area contributed by atoms with Crippen LogP contribution in [0.5, 0.6) is 5.75 Å². The molecule has 2 rings (SSSR count). The first-order valence-electron chi connectivity index (χ1n) is 5.41. The van der Waals surface area contributed by atoms with Gasteiger partial charge < -0.3 is 4.74 Å². The lowest BCUT2D eigenvalue weighted by Crippen LogP contribution is -1.94. The van der Waals surface area contributed by atoms with Crippen LogP contribution < -0.4 is 4.74 Å². The van der Waals surface area contributed by atoms with Crippen LogP contribution >= 0.6 is 11.3 Å². The molecular formula is C14H14O2S. The van der Waals surface area contributed by atoms with Crippen molar-refractivity contribution in [1.29, 1.82) is 0 Å². The van der Waals surface area contributed by atoms with Crippen molar-refractivity contribution in [2.75, 3.05) is 0 Å². The summed E-state index contributed by atoms with van der Waals surface area (Å²) in [5.74, 6) is 0.868. The summed E-state index contributed by atoms with van der Waals surface area (Å²) in [5.41, 5.74) is 3.52. The van der Waals surface area contributed by atoms with Crippen LogP contribution in [-0.4, -0.2) is 6.29 Å². The number of carbonyl (C=O) groups excluding carboxylic acids is 1. The van der Waals surface area contributed by atoms with Crippen LogP contribution in [0.15, 0.2) is 29.6 Å². The maximum atomic E-state index is 10.5. The zero-order valence-corrected chi connectivity index (χ0v) is 10.7. The fourth-order valence-electron chi connectivity index (χ4n) is 1.50. The van der Waals surface area contributed by atoms with E-state index in [4.69, 9.17) is 4.74 Å². The lowest BCUT2D eigenvalue weighted by Gasteiger charge is -2.07. The van der Waals surface area contributed by atoms with Gasteiger partial charge in [0.05, 0.1) is 4.88 Å². The minimum Gasteiger partial charge on any atom is -0.489 e. The van der Waals surface area contributed by atoms with Gasteiger partial charge in [0.15, 0.2) is 6.29 Å². The van der Waals surface area contributed by atoms with Crippen molar-refractivity contribution in [2.24, 2.45) is 0 Å². The van der Waals surface area contributed by atoms with Crippen molar-refractivity contribution in [1.82, 2.24) is 0 Å². The van der Waals surface area contributed by atoms with E-state index in [1.54, 1.807) is 0 Å². The number of hydrogen-bond donors (Lipinski definition) is 0. The second-order valence-electron chi connectivity index (χ2n) is 4.01. The van der Waals surface area contributed by atoms with E-state index >= 15 is 0 Å². The van der Waals surface area contributed by atoms with E-state index in [1.165, 1.54) is 22.5 Å². The summed E-state index contributed by atoms with van der Waals surface area (Å²) in [6.45, 7) is 4.65. The minimum absolute atomic E-state index is 0.507. The molecular weight excluding hydrogens is 232 g/mol. The maximum Gasteiger partial charge on any atom is 0.160 e.